The zero-order valence-corrected chi connectivity index (χ0v) is 11.1. The molecular formula is C12H17NO4S. The molecule has 0 saturated carbocycles. The number of methoxy groups -OCH3 is 1. The summed E-state index contributed by atoms with van der Waals surface area (Å²) in [6.07, 6.45) is 0.781. The summed E-state index contributed by atoms with van der Waals surface area (Å²) in [6.45, 7) is 1.14. The summed E-state index contributed by atoms with van der Waals surface area (Å²) in [6, 6.07) is 4.67. The van der Waals surface area contributed by atoms with Crippen molar-refractivity contribution in [3.63, 3.8) is 0 Å². The van der Waals surface area contributed by atoms with Gasteiger partial charge in [-0.05, 0) is 24.5 Å². The van der Waals surface area contributed by atoms with Gasteiger partial charge in [-0.1, -0.05) is 0 Å². The number of nitrogens with two attached hydrogens (primary N) is 1. The maximum Gasteiger partial charge on any atom is 0.180 e. The van der Waals surface area contributed by atoms with Crippen LogP contribution in [0.2, 0.25) is 0 Å². The molecule has 5 nitrogen and oxygen atoms in total. The van der Waals surface area contributed by atoms with Crippen LogP contribution in [-0.2, 0) is 14.6 Å². The van der Waals surface area contributed by atoms with Crippen LogP contribution in [0, 0.1) is 5.92 Å². The molecule has 6 heteroatoms. The van der Waals surface area contributed by atoms with Gasteiger partial charge in [0, 0.05) is 12.7 Å². The van der Waals surface area contributed by atoms with Crippen LogP contribution in [0.5, 0.6) is 5.75 Å². The molecular weight excluding hydrogens is 254 g/mol. The monoisotopic (exact) mass is 271 g/mol. The Balaban J connectivity index is 2.27. The summed E-state index contributed by atoms with van der Waals surface area (Å²) in [5, 5.41) is 0. The fraction of sp³-hybridized carbons (Fsp3) is 0.500. The van der Waals surface area contributed by atoms with E-state index in [0.29, 0.717) is 19.0 Å². The molecule has 1 unspecified atom stereocenters. The number of benzene rings is 1. The van der Waals surface area contributed by atoms with E-state index >= 15 is 0 Å². The molecule has 1 aromatic rings. The lowest BCUT2D eigenvalue weighted by atomic mass is 10.2. The molecule has 1 fully saturated rings. The summed E-state index contributed by atoms with van der Waals surface area (Å²) in [4.78, 5) is 0.147. The third kappa shape index (κ3) is 2.76. The van der Waals surface area contributed by atoms with Crippen molar-refractivity contribution in [3.8, 4) is 5.75 Å². The van der Waals surface area contributed by atoms with Gasteiger partial charge in [0.05, 0.1) is 30.1 Å². The van der Waals surface area contributed by atoms with Gasteiger partial charge in [-0.25, -0.2) is 8.42 Å². The summed E-state index contributed by atoms with van der Waals surface area (Å²) >= 11 is 0. The van der Waals surface area contributed by atoms with Crippen LogP contribution in [-0.4, -0.2) is 34.5 Å². The van der Waals surface area contributed by atoms with Gasteiger partial charge in [0.2, 0.25) is 0 Å². The molecule has 1 heterocycles. The summed E-state index contributed by atoms with van der Waals surface area (Å²) in [5.74, 6) is 0.621. The molecule has 1 aromatic carbocycles. The van der Waals surface area contributed by atoms with Gasteiger partial charge in [-0.2, -0.15) is 0 Å². The number of ether oxygens (including phenoxy) is 2. The molecule has 0 spiro atoms. The van der Waals surface area contributed by atoms with Crippen LogP contribution in [0.3, 0.4) is 0 Å². The van der Waals surface area contributed by atoms with Crippen LogP contribution in [0.1, 0.15) is 6.42 Å². The Morgan fingerprint density at radius 3 is 2.89 bits per heavy atom. The predicted octanol–water partition coefficient (Wildman–Crippen LogP) is 1.09. The Kier molecular flexibility index (Phi) is 3.77. The van der Waals surface area contributed by atoms with E-state index in [2.05, 4.69) is 0 Å². The quantitative estimate of drug-likeness (QED) is 0.829. The minimum atomic E-state index is -3.39. The van der Waals surface area contributed by atoms with Gasteiger partial charge in [-0.15, -0.1) is 0 Å². The summed E-state index contributed by atoms with van der Waals surface area (Å²) in [7, 11) is -1.90. The molecule has 1 aliphatic heterocycles. The summed E-state index contributed by atoms with van der Waals surface area (Å²) in [5.41, 5.74) is 6.00. The maximum atomic E-state index is 12.3. The van der Waals surface area contributed by atoms with E-state index in [1.807, 2.05) is 0 Å². The number of hydrogen-bond acceptors (Lipinski definition) is 5. The topological polar surface area (TPSA) is 78.6 Å². The van der Waals surface area contributed by atoms with Gasteiger partial charge < -0.3 is 15.2 Å². The van der Waals surface area contributed by atoms with Gasteiger partial charge >= 0.3 is 0 Å². The van der Waals surface area contributed by atoms with Gasteiger partial charge in [0.25, 0.3) is 0 Å². The van der Waals surface area contributed by atoms with Gasteiger partial charge in [-0.3, -0.25) is 0 Å². The Hall–Kier alpha value is -1.27. The second-order valence-electron chi connectivity index (χ2n) is 4.41. The highest BCUT2D eigenvalue weighted by atomic mass is 32.2. The first-order valence-electron chi connectivity index (χ1n) is 5.77. The first kappa shape index (κ1) is 13.2. The van der Waals surface area contributed by atoms with E-state index in [0.717, 1.165) is 6.42 Å². The minimum Gasteiger partial charge on any atom is -0.497 e. The lowest BCUT2D eigenvalue weighted by molar-refractivity contribution is 0.188. The van der Waals surface area contributed by atoms with E-state index in [9.17, 15) is 8.42 Å². The number of nitrogen functional groups attached to an aromatic ring is 1. The first-order chi connectivity index (χ1) is 8.53. The van der Waals surface area contributed by atoms with Crippen LogP contribution >= 0.6 is 0 Å². The average Bonchev–Trinajstić information content (AvgIpc) is 2.81. The average molecular weight is 271 g/mol. The lowest BCUT2D eigenvalue weighted by Gasteiger charge is -2.12. The van der Waals surface area contributed by atoms with Crippen LogP contribution in [0.15, 0.2) is 23.1 Å². The molecule has 1 aliphatic rings. The third-order valence-corrected chi connectivity index (χ3v) is 4.97. The van der Waals surface area contributed by atoms with Crippen molar-refractivity contribution in [2.24, 2.45) is 5.92 Å². The van der Waals surface area contributed by atoms with Crippen molar-refractivity contribution in [2.75, 3.05) is 31.8 Å². The minimum absolute atomic E-state index is 0.0561. The van der Waals surface area contributed by atoms with Gasteiger partial charge in [0.1, 0.15) is 5.75 Å². The SMILES string of the molecule is COc1ccc(N)c(S(=O)(=O)CC2CCOC2)c1. The van der Waals surface area contributed by atoms with Crippen molar-refractivity contribution in [1.82, 2.24) is 0 Å². The van der Waals surface area contributed by atoms with Crippen LogP contribution in [0.4, 0.5) is 5.69 Å². The van der Waals surface area contributed by atoms with E-state index in [-0.39, 0.29) is 22.3 Å². The van der Waals surface area contributed by atoms with E-state index in [1.165, 1.54) is 13.2 Å². The Morgan fingerprint density at radius 1 is 1.50 bits per heavy atom. The normalized spacial score (nSPS) is 19.9. The van der Waals surface area contributed by atoms with E-state index in [1.54, 1.807) is 12.1 Å². The van der Waals surface area contributed by atoms with Crippen molar-refractivity contribution >= 4 is 15.5 Å². The highest BCUT2D eigenvalue weighted by Gasteiger charge is 2.26. The second kappa shape index (κ2) is 5.16. The highest BCUT2D eigenvalue weighted by Crippen LogP contribution is 2.27. The predicted molar refractivity (Wildman–Crippen MR) is 68.4 cm³/mol. The van der Waals surface area contributed by atoms with Crippen molar-refractivity contribution in [1.29, 1.82) is 0 Å². The number of hydrogen-bond donors (Lipinski definition) is 1. The fourth-order valence-electron chi connectivity index (χ4n) is 2.03. The molecule has 2 N–H and O–H groups in total. The third-order valence-electron chi connectivity index (χ3n) is 3.03. The number of sulfone groups is 1. The molecule has 0 amide bonds. The molecule has 0 radical (unpaired) electrons. The Labute approximate surface area is 107 Å². The molecule has 0 aromatic heterocycles. The smallest absolute Gasteiger partial charge is 0.180 e. The molecule has 0 aliphatic carbocycles. The molecule has 100 valence electrons. The summed E-state index contributed by atoms with van der Waals surface area (Å²) < 4.78 is 34.8. The van der Waals surface area contributed by atoms with E-state index in [4.69, 9.17) is 15.2 Å². The lowest BCUT2D eigenvalue weighted by Crippen LogP contribution is -2.17. The number of anilines is 1. The molecule has 2 rings (SSSR count). The molecule has 1 atom stereocenters. The van der Waals surface area contributed by atoms with Crippen molar-refractivity contribution in [3.05, 3.63) is 18.2 Å². The zero-order valence-electron chi connectivity index (χ0n) is 10.3. The first-order valence-corrected chi connectivity index (χ1v) is 7.42. The van der Waals surface area contributed by atoms with Crippen LogP contribution in [0.25, 0.3) is 0 Å². The van der Waals surface area contributed by atoms with E-state index < -0.39 is 9.84 Å². The standard InChI is InChI=1S/C12H17NO4S/c1-16-10-2-3-11(13)12(6-10)18(14,15)8-9-4-5-17-7-9/h2-3,6,9H,4-5,7-8,13H2,1H3. The van der Waals surface area contributed by atoms with Gasteiger partial charge in [0.15, 0.2) is 9.84 Å². The largest absolute Gasteiger partial charge is 0.497 e. The highest BCUT2D eigenvalue weighted by molar-refractivity contribution is 7.91. The zero-order chi connectivity index (χ0) is 13.2. The molecule has 0 bridgehead atoms. The molecule has 1 saturated heterocycles. The van der Waals surface area contributed by atoms with Crippen molar-refractivity contribution < 1.29 is 17.9 Å². The molecule has 18 heavy (non-hydrogen) atoms. The second-order valence-corrected chi connectivity index (χ2v) is 6.42. The number of rotatable bonds is 4. The Bertz CT molecular complexity index is 521. The maximum absolute atomic E-state index is 12.3. The fourth-order valence-corrected chi connectivity index (χ4v) is 3.81. The Morgan fingerprint density at radius 2 is 2.28 bits per heavy atom. The van der Waals surface area contributed by atoms with Crippen LogP contribution < -0.4 is 10.5 Å². The van der Waals surface area contributed by atoms with Crippen molar-refractivity contribution in [2.45, 2.75) is 11.3 Å².